The SMILES string of the molecule is CCN(Cc1cccc2c1OCCO2)C(=O)c1ccc(C)c(S(=O)(=O)N2CCOCC2)c1. The van der Waals surface area contributed by atoms with E-state index >= 15 is 0 Å². The predicted molar refractivity (Wildman–Crippen MR) is 119 cm³/mol. The fourth-order valence-corrected chi connectivity index (χ4v) is 5.57. The quantitative estimate of drug-likeness (QED) is 0.658. The Morgan fingerprint density at radius 1 is 1.06 bits per heavy atom. The van der Waals surface area contributed by atoms with Crippen molar-refractivity contribution in [3.63, 3.8) is 0 Å². The Labute approximate surface area is 188 Å². The summed E-state index contributed by atoms with van der Waals surface area (Å²) in [6, 6.07) is 10.5. The highest BCUT2D eigenvalue weighted by Crippen LogP contribution is 2.34. The standard InChI is InChI=1S/C23H28N2O6S/c1-3-24(16-19-5-4-6-20-22(19)31-14-13-30-20)23(26)18-8-7-17(2)21(15-18)32(27,28)25-9-11-29-12-10-25/h4-8,15H,3,9-14,16H2,1-2H3. The Bertz CT molecular complexity index is 1100. The number of carbonyl (C=O) groups excluding carboxylic acids is 1. The smallest absolute Gasteiger partial charge is 0.254 e. The molecule has 0 atom stereocenters. The highest BCUT2D eigenvalue weighted by molar-refractivity contribution is 7.89. The number of fused-ring (bicyclic) bond motifs is 1. The van der Waals surface area contributed by atoms with E-state index in [4.69, 9.17) is 14.2 Å². The zero-order valence-electron chi connectivity index (χ0n) is 18.4. The summed E-state index contributed by atoms with van der Waals surface area (Å²) in [5, 5.41) is 0. The number of nitrogens with zero attached hydrogens (tertiary/aromatic N) is 2. The van der Waals surface area contributed by atoms with Gasteiger partial charge in [0.25, 0.3) is 5.91 Å². The largest absolute Gasteiger partial charge is 0.486 e. The number of rotatable bonds is 6. The second-order valence-corrected chi connectivity index (χ2v) is 9.66. The van der Waals surface area contributed by atoms with E-state index in [1.54, 1.807) is 24.0 Å². The molecule has 1 saturated heterocycles. The van der Waals surface area contributed by atoms with Crippen molar-refractivity contribution in [1.29, 1.82) is 0 Å². The van der Waals surface area contributed by atoms with Gasteiger partial charge in [0.2, 0.25) is 10.0 Å². The normalized spacial score (nSPS) is 16.6. The van der Waals surface area contributed by atoms with Gasteiger partial charge in [-0.3, -0.25) is 4.79 Å². The molecule has 9 heteroatoms. The number of hydrogen-bond donors (Lipinski definition) is 0. The molecule has 0 saturated carbocycles. The first-order chi connectivity index (χ1) is 15.4. The van der Waals surface area contributed by atoms with E-state index in [0.29, 0.717) is 75.2 Å². The van der Waals surface area contributed by atoms with Crippen molar-refractivity contribution in [2.45, 2.75) is 25.3 Å². The fourth-order valence-electron chi connectivity index (χ4n) is 3.91. The molecule has 32 heavy (non-hydrogen) atoms. The van der Waals surface area contributed by atoms with Gasteiger partial charge in [0.15, 0.2) is 11.5 Å². The number of amides is 1. The highest BCUT2D eigenvalue weighted by Gasteiger charge is 2.29. The van der Waals surface area contributed by atoms with E-state index in [-0.39, 0.29) is 10.8 Å². The van der Waals surface area contributed by atoms with Crippen LogP contribution >= 0.6 is 0 Å². The summed E-state index contributed by atoms with van der Waals surface area (Å²) in [5.41, 5.74) is 1.80. The maximum atomic E-state index is 13.3. The average Bonchev–Trinajstić information content (AvgIpc) is 2.83. The Kier molecular flexibility index (Phi) is 6.68. The number of sulfonamides is 1. The molecule has 0 aliphatic carbocycles. The summed E-state index contributed by atoms with van der Waals surface area (Å²) in [5.74, 6) is 1.09. The molecular formula is C23H28N2O6S. The summed E-state index contributed by atoms with van der Waals surface area (Å²) in [7, 11) is -3.71. The first kappa shape index (κ1) is 22.6. The van der Waals surface area contributed by atoms with Gasteiger partial charge in [0.05, 0.1) is 18.1 Å². The second-order valence-electron chi connectivity index (χ2n) is 7.76. The van der Waals surface area contributed by atoms with E-state index in [9.17, 15) is 13.2 Å². The molecule has 2 aliphatic heterocycles. The lowest BCUT2D eigenvalue weighted by molar-refractivity contribution is 0.0729. The average molecular weight is 461 g/mol. The maximum Gasteiger partial charge on any atom is 0.254 e. The van der Waals surface area contributed by atoms with Crippen LogP contribution in [0.4, 0.5) is 0 Å². The van der Waals surface area contributed by atoms with Gasteiger partial charge >= 0.3 is 0 Å². The molecule has 0 bridgehead atoms. The monoisotopic (exact) mass is 460 g/mol. The molecule has 2 aromatic carbocycles. The van der Waals surface area contributed by atoms with E-state index in [2.05, 4.69) is 0 Å². The molecular weight excluding hydrogens is 432 g/mol. The van der Waals surface area contributed by atoms with Crippen LogP contribution in [0.15, 0.2) is 41.3 Å². The van der Waals surface area contributed by atoms with Crippen LogP contribution in [0, 0.1) is 6.92 Å². The zero-order chi connectivity index (χ0) is 22.7. The summed E-state index contributed by atoms with van der Waals surface area (Å²) >= 11 is 0. The van der Waals surface area contributed by atoms with Crippen LogP contribution in [-0.2, 0) is 21.3 Å². The molecule has 8 nitrogen and oxygen atoms in total. The van der Waals surface area contributed by atoms with Crippen molar-refractivity contribution in [3.8, 4) is 11.5 Å². The van der Waals surface area contributed by atoms with Crippen LogP contribution in [-0.4, -0.2) is 69.6 Å². The number of hydrogen-bond acceptors (Lipinski definition) is 6. The van der Waals surface area contributed by atoms with Gasteiger partial charge in [-0.2, -0.15) is 4.31 Å². The van der Waals surface area contributed by atoms with Crippen molar-refractivity contribution in [2.75, 3.05) is 46.1 Å². The van der Waals surface area contributed by atoms with Crippen molar-refractivity contribution in [3.05, 3.63) is 53.1 Å². The molecule has 0 radical (unpaired) electrons. The molecule has 1 amide bonds. The Morgan fingerprint density at radius 2 is 1.81 bits per heavy atom. The van der Waals surface area contributed by atoms with E-state index in [1.807, 2.05) is 25.1 Å². The number of ether oxygens (including phenoxy) is 3. The van der Waals surface area contributed by atoms with Crippen LogP contribution in [0.5, 0.6) is 11.5 Å². The third kappa shape index (κ3) is 4.46. The molecule has 0 N–H and O–H groups in total. The van der Waals surface area contributed by atoms with Gasteiger partial charge in [0.1, 0.15) is 13.2 Å². The summed E-state index contributed by atoms with van der Waals surface area (Å²) in [6.45, 7) is 6.74. The third-order valence-corrected chi connectivity index (χ3v) is 7.74. The lowest BCUT2D eigenvalue weighted by Gasteiger charge is -2.27. The Hall–Kier alpha value is -2.62. The molecule has 0 aromatic heterocycles. The molecule has 0 spiro atoms. The fraction of sp³-hybridized carbons (Fsp3) is 0.435. The van der Waals surface area contributed by atoms with Crippen molar-refractivity contribution in [1.82, 2.24) is 9.21 Å². The van der Waals surface area contributed by atoms with Gasteiger partial charge in [-0.15, -0.1) is 0 Å². The highest BCUT2D eigenvalue weighted by atomic mass is 32.2. The van der Waals surface area contributed by atoms with Crippen LogP contribution in [0.1, 0.15) is 28.4 Å². The molecule has 2 aliphatic rings. The van der Waals surface area contributed by atoms with Gasteiger partial charge in [0, 0.05) is 37.3 Å². The molecule has 172 valence electrons. The van der Waals surface area contributed by atoms with Crippen molar-refractivity contribution < 1.29 is 27.4 Å². The number of benzene rings is 2. The van der Waals surface area contributed by atoms with Crippen molar-refractivity contribution in [2.24, 2.45) is 0 Å². The minimum Gasteiger partial charge on any atom is -0.486 e. The van der Waals surface area contributed by atoms with Gasteiger partial charge in [-0.1, -0.05) is 18.2 Å². The number of para-hydroxylation sites is 1. The van der Waals surface area contributed by atoms with Crippen LogP contribution in [0.3, 0.4) is 0 Å². The summed E-state index contributed by atoms with van der Waals surface area (Å²) in [4.78, 5) is 15.2. The van der Waals surface area contributed by atoms with E-state index in [1.165, 1.54) is 10.4 Å². The van der Waals surface area contributed by atoms with Crippen LogP contribution < -0.4 is 9.47 Å². The molecule has 2 aromatic rings. The second kappa shape index (κ2) is 9.48. The number of carbonyl (C=O) groups is 1. The Morgan fingerprint density at radius 3 is 2.56 bits per heavy atom. The van der Waals surface area contributed by atoms with E-state index < -0.39 is 10.0 Å². The molecule has 2 heterocycles. The first-order valence-corrected chi connectivity index (χ1v) is 12.2. The lowest BCUT2D eigenvalue weighted by atomic mass is 10.1. The minimum absolute atomic E-state index is 0.162. The summed E-state index contributed by atoms with van der Waals surface area (Å²) in [6.07, 6.45) is 0. The predicted octanol–water partition coefficient (Wildman–Crippen LogP) is 2.45. The van der Waals surface area contributed by atoms with Crippen molar-refractivity contribution >= 4 is 15.9 Å². The first-order valence-electron chi connectivity index (χ1n) is 10.8. The maximum absolute atomic E-state index is 13.3. The lowest BCUT2D eigenvalue weighted by Crippen LogP contribution is -2.41. The van der Waals surface area contributed by atoms with Gasteiger partial charge in [-0.05, 0) is 37.6 Å². The third-order valence-electron chi connectivity index (χ3n) is 5.70. The Balaban J connectivity index is 1.60. The number of aryl methyl sites for hydroxylation is 1. The molecule has 0 unspecified atom stereocenters. The summed E-state index contributed by atoms with van der Waals surface area (Å²) < 4.78 is 44.5. The van der Waals surface area contributed by atoms with Crippen LogP contribution in [0.25, 0.3) is 0 Å². The molecule has 4 rings (SSSR count). The molecule has 1 fully saturated rings. The topological polar surface area (TPSA) is 85.4 Å². The van der Waals surface area contributed by atoms with Crippen LogP contribution in [0.2, 0.25) is 0 Å². The van der Waals surface area contributed by atoms with E-state index in [0.717, 1.165) is 5.56 Å². The van der Waals surface area contributed by atoms with Gasteiger partial charge in [-0.25, -0.2) is 8.42 Å². The number of morpholine rings is 1. The zero-order valence-corrected chi connectivity index (χ0v) is 19.2. The minimum atomic E-state index is -3.71. The van der Waals surface area contributed by atoms with Gasteiger partial charge < -0.3 is 19.1 Å².